The highest BCUT2D eigenvalue weighted by Crippen LogP contribution is 2.17. The molecule has 1 aromatic heterocycles. The number of para-hydroxylation sites is 1. The van der Waals surface area contributed by atoms with Crippen molar-refractivity contribution in [2.75, 3.05) is 11.9 Å². The highest BCUT2D eigenvalue weighted by molar-refractivity contribution is 7.15. The van der Waals surface area contributed by atoms with Crippen molar-refractivity contribution in [3.8, 4) is 5.75 Å². The van der Waals surface area contributed by atoms with E-state index in [2.05, 4.69) is 27.6 Å². The Morgan fingerprint density at radius 1 is 0.958 bits per heavy atom. The maximum Gasteiger partial charge on any atom is 0.264 e. The van der Waals surface area contributed by atoms with E-state index in [-0.39, 0.29) is 12.5 Å². The molecule has 0 spiro atoms. The monoisotopic (exact) mass is 339 g/mol. The molecule has 0 fully saturated rings. The van der Waals surface area contributed by atoms with E-state index < -0.39 is 0 Å². The molecule has 24 heavy (non-hydrogen) atoms. The van der Waals surface area contributed by atoms with Crippen molar-refractivity contribution in [2.45, 2.75) is 12.8 Å². The van der Waals surface area contributed by atoms with Crippen LogP contribution >= 0.6 is 11.3 Å². The SMILES string of the molecule is O=C(COc1ccccc1)Nc1nnc(CCc2ccccc2)s1. The lowest BCUT2D eigenvalue weighted by molar-refractivity contribution is -0.118. The van der Waals surface area contributed by atoms with Gasteiger partial charge in [0.15, 0.2) is 6.61 Å². The molecule has 1 heterocycles. The first-order valence-corrected chi connectivity index (χ1v) is 8.45. The molecule has 0 radical (unpaired) electrons. The predicted octanol–water partition coefficient (Wildman–Crippen LogP) is 3.34. The van der Waals surface area contributed by atoms with Crippen LogP contribution in [0.1, 0.15) is 10.6 Å². The summed E-state index contributed by atoms with van der Waals surface area (Å²) in [7, 11) is 0. The number of nitrogens with one attached hydrogen (secondary N) is 1. The Bertz CT molecular complexity index is 775. The van der Waals surface area contributed by atoms with Crippen LogP contribution in [0.5, 0.6) is 5.75 Å². The van der Waals surface area contributed by atoms with Crippen LogP contribution in [0.4, 0.5) is 5.13 Å². The van der Waals surface area contributed by atoms with Crippen molar-refractivity contribution >= 4 is 22.4 Å². The minimum absolute atomic E-state index is 0.0526. The molecule has 3 rings (SSSR count). The number of rotatable bonds is 7. The number of carbonyl (C=O) groups is 1. The molecule has 0 saturated carbocycles. The van der Waals surface area contributed by atoms with Crippen molar-refractivity contribution in [3.63, 3.8) is 0 Å². The van der Waals surface area contributed by atoms with Crippen LogP contribution < -0.4 is 10.1 Å². The summed E-state index contributed by atoms with van der Waals surface area (Å²) in [4.78, 5) is 11.9. The van der Waals surface area contributed by atoms with Crippen LogP contribution in [-0.4, -0.2) is 22.7 Å². The van der Waals surface area contributed by atoms with Gasteiger partial charge in [-0.2, -0.15) is 0 Å². The van der Waals surface area contributed by atoms with E-state index in [1.54, 1.807) is 12.1 Å². The highest BCUT2D eigenvalue weighted by Gasteiger charge is 2.09. The van der Waals surface area contributed by atoms with Crippen molar-refractivity contribution in [1.82, 2.24) is 10.2 Å². The summed E-state index contributed by atoms with van der Waals surface area (Å²) >= 11 is 1.39. The van der Waals surface area contributed by atoms with Crippen molar-refractivity contribution in [1.29, 1.82) is 0 Å². The first-order valence-electron chi connectivity index (χ1n) is 7.63. The minimum atomic E-state index is -0.246. The Labute approximate surface area is 144 Å². The molecule has 0 atom stereocenters. The van der Waals surface area contributed by atoms with Crippen LogP contribution in [0.15, 0.2) is 60.7 Å². The summed E-state index contributed by atoms with van der Waals surface area (Å²) < 4.78 is 5.40. The quantitative estimate of drug-likeness (QED) is 0.717. The van der Waals surface area contributed by atoms with Gasteiger partial charge in [-0.3, -0.25) is 10.1 Å². The van der Waals surface area contributed by atoms with Gasteiger partial charge in [-0.25, -0.2) is 0 Å². The Hall–Kier alpha value is -2.73. The standard InChI is InChI=1S/C18H17N3O2S/c22-16(13-23-15-9-5-2-6-10-15)19-18-21-20-17(24-18)12-11-14-7-3-1-4-8-14/h1-10H,11-13H2,(H,19,21,22). The number of aryl methyl sites for hydroxylation is 2. The summed E-state index contributed by atoms with van der Waals surface area (Å²) in [5, 5.41) is 12.2. The fourth-order valence-corrected chi connectivity index (χ4v) is 2.88. The minimum Gasteiger partial charge on any atom is -0.484 e. The number of benzene rings is 2. The molecule has 0 aliphatic rings. The van der Waals surface area contributed by atoms with Gasteiger partial charge in [0, 0.05) is 6.42 Å². The van der Waals surface area contributed by atoms with Gasteiger partial charge in [0.25, 0.3) is 5.91 Å². The average Bonchev–Trinajstić information content (AvgIpc) is 3.07. The van der Waals surface area contributed by atoms with Crippen molar-refractivity contribution in [2.24, 2.45) is 0 Å². The molecule has 0 aliphatic heterocycles. The Balaban J connectivity index is 1.46. The van der Waals surface area contributed by atoms with Crippen LogP contribution in [-0.2, 0) is 17.6 Å². The summed E-state index contributed by atoms with van der Waals surface area (Å²) in [5.74, 6) is 0.415. The summed E-state index contributed by atoms with van der Waals surface area (Å²) in [6.45, 7) is -0.0526. The predicted molar refractivity (Wildman–Crippen MR) is 94.3 cm³/mol. The number of hydrogen-bond donors (Lipinski definition) is 1. The molecule has 3 aromatic rings. The fraction of sp³-hybridized carbons (Fsp3) is 0.167. The fourth-order valence-electron chi connectivity index (χ4n) is 2.12. The molecule has 0 bridgehead atoms. The molecule has 2 aromatic carbocycles. The summed E-state index contributed by atoms with van der Waals surface area (Å²) in [6.07, 6.45) is 1.71. The Kier molecular flexibility index (Phi) is 5.52. The van der Waals surface area contributed by atoms with E-state index in [4.69, 9.17) is 4.74 Å². The number of hydrogen-bond acceptors (Lipinski definition) is 5. The third kappa shape index (κ3) is 4.89. The third-order valence-electron chi connectivity index (χ3n) is 3.30. The second-order valence-electron chi connectivity index (χ2n) is 5.14. The van der Waals surface area contributed by atoms with Crippen molar-refractivity contribution in [3.05, 3.63) is 71.2 Å². The lowest BCUT2D eigenvalue weighted by Gasteiger charge is -2.04. The largest absolute Gasteiger partial charge is 0.484 e. The number of nitrogens with zero attached hydrogens (tertiary/aromatic N) is 2. The summed E-state index contributed by atoms with van der Waals surface area (Å²) in [6, 6.07) is 19.4. The van der Waals surface area contributed by atoms with Crippen LogP contribution in [0.2, 0.25) is 0 Å². The molecule has 0 saturated heterocycles. The van der Waals surface area contributed by atoms with Gasteiger partial charge in [-0.05, 0) is 24.1 Å². The molecule has 5 nitrogen and oxygen atoms in total. The number of anilines is 1. The van der Waals surface area contributed by atoms with Gasteiger partial charge in [0.2, 0.25) is 5.13 Å². The molecule has 0 unspecified atom stereocenters. The van der Waals surface area contributed by atoms with E-state index in [1.165, 1.54) is 16.9 Å². The Morgan fingerprint density at radius 2 is 1.67 bits per heavy atom. The van der Waals surface area contributed by atoms with Gasteiger partial charge in [0.1, 0.15) is 10.8 Å². The third-order valence-corrected chi connectivity index (χ3v) is 4.20. The van der Waals surface area contributed by atoms with Gasteiger partial charge in [-0.1, -0.05) is 59.9 Å². The maximum atomic E-state index is 11.9. The van der Waals surface area contributed by atoms with E-state index in [0.29, 0.717) is 10.9 Å². The lowest BCUT2D eigenvalue weighted by Crippen LogP contribution is -2.20. The maximum absolute atomic E-state index is 11.9. The molecule has 1 amide bonds. The molecular weight excluding hydrogens is 322 g/mol. The zero-order chi connectivity index (χ0) is 16.6. The average molecular weight is 339 g/mol. The van der Waals surface area contributed by atoms with Gasteiger partial charge < -0.3 is 4.74 Å². The highest BCUT2D eigenvalue weighted by atomic mass is 32.1. The lowest BCUT2D eigenvalue weighted by atomic mass is 10.1. The molecule has 1 N–H and O–H groups in total. The topological polar surface area (TPSA) is 64.1 Å². The zero-order valence-electron chi connectivity index (χ0n) is 13.0. The van der Waals surface area contributed by atoms with Crippen LogP contribution in [0.25, 0.3) is 0 Å². The van der Waals surface area contributed by atoms with E-state index in [0.717, 1.165) is 17.8 Å². The zero-order valence-corrected chi connectivity index (χ0v) is 13.8. The van der Waals surface area contributed by atoms with Gasteiger partial charge in [-0.15, -0.1) is 10.2 Å². The molecule has 0 aliphatic carbocycles. The normalized spacial score (nSPS) is 10.3. The van der Waals surface area contributed by atoms with Crippen LogP contribution in [0.3, 0.4) is 0 Å². The number of amides is 1. The number of ether oxygens (including phenoxy) is 1. The van der Waals surface area contributed by atoms with E-state index in [1.807, 2.05) is 36.4 Å². The van der Waals surface area contributed by atoms with E-state index >= 15 is 0 Å². The summed E-state index contributed by atoms with van der Waals surface area (Å²) in [5.41, 5.74) is 1.26. The van der Waals surface area contributed by atoms with E-state index in [9.17, 15) is 4.79 Å². The molecular formula is C18H17N3O2S. The second kappa shape index (κ2) is 8.21. The van der Waals surface area contributed by atoms with Gasteiger partial charge in [0.05, 0.1) is 0 Å². The Morgan fingerprint density at radius 3 is 2.42 bits per heavy atom. The van der Waals surface area contributed by atoms with Gasteiger partial charge >= 0.3 is 0 Å². The molecule has 122 valence electrons. The first kappa shape index (κ1) is 16.1. The first-order chi connectivity index (χ1) is 11.8. The van der Waals surface area contributed by atoms with Crippen molar-refractivity contribution < 1.29 is 9.53 Å². The van der Waals surface area contributed by atoms with Crippen LogP contribution in [0, 0.1) is 0 Å². The smallest absolute Gasteiger partial charge is 0.264 e. The second-order valence-corrected chi connectivity index (χ2v) is 6.20. The molecule has 6 heteroatoms. The number of aromatic nitrogens is 2. The number of carbonyl (C=O) groups excluding carboxylic acids is 1.